The van der Waals surface area contributed by atoms with Gasteiger partial charge in [0.25, 0.3) is 5.91 Å². The van der Waals surface area contributed by atoms with Crippen LogP contribution in [-0.4, -0.2) is 40.5 Å². The molecule has 2 saturated heterocycles. The first-order valence-corrected chi connectivity index (χ1v) is 10.3. The van der Waals surface area contributed by atoms with E-state index in [9.17, 15) is 4.79 Å². The van der Waals surface area contributed by atoms with Crippen LogP contribution >= 0.6 is 12.4 Å². The summed E-state index contributed by atoms with van der Waals surface area (Å²) in [5, 5.41) is 4.42. The highest BCUT2D eigenvalue weighted by Gasteiger charge is 2.39. The van der Waals surface area contributed by atoms with Crippen LogP contribution in [0.25, 0.3) is 22.2 Å². The average Bonchev–Trinajstić information content (AvgIpc) is 3.10. The highest BCUT2D eigenvalue weighted by molar-refractivity contribution is 6.12. The Morgan fingerprint density at radius 2 is 1.55 bits per heavy atom. The number of benzene rings is 2. The second-order valence-corrected chi connectivity index (χ2v) is 8.36. The molecule has 3 atom stereocenters. The third kappa shape index (κ3) is 3.34. The van der Waals surface area contributed by atoms with Crippen LogP contribution in [0.5, 0.6) is 0 Å². The summed E-state index contributed by atoms with van der Waals surface area (Å²) in [4.78, 5) is 16.0. The van der Waals surface area contributed by atoms with E-state index in [1.807, 2.05) is 30.3 Å². The van der Waals surface area contributed by atoms with Crippen LogP contribution in [-0.2, 0) is 7.05 Å². The molecule has 2 aromatic carbocycles. The molecule has 1 amide bonds. The Hall–Kier alpha value is -2.30. The summed E-state index contributed by atoms with van der Waals surface area (Å²) in [6.45, 7) is 0. The van der Waals surface area contributed by atoms with Gasteiger partial charge in [-0.05, 0) is 44.4 Å². The number of halogens is 1. The predicted octanol–water partition coefficient (Wildman–Crippen LogP) is 4.62. The van der Waals surface area contributed by atoms with Crippen molar-refractivity contribution in [2.45, 2.75) is 43.8 Å². The minimum absolute atomic E-state index is 0. The van der Waals surface area contributed by atoms with Crippen molar-refractivity contribution in [1.29, 1.82) is 0 Å². The summed E-state index contributed by atoms with van der Waals surface area (Å²) >= 11 is 0. The zero-order valence-corrected chi connectivity index (χ0v) is 17.8. The van der Waals surface area contributed by atoms with Crippen LogP contribution < -0.4 is 5.32 Å². The zero-order valence-electron chi connectivity index (χ0n) is 17.0. The number of aromatic nitrogens is 1. The molecule has 1 aromatic heterocycles. The molecule has 5 heteroatoms. The molecule has 0 aliphatic carbocycles. The van der Waals surface area contributed by atoms with E-state index < -0.39 is 0 Å². The van der Waals surface area contributed by atoms with Crippen LogP contribution in [0.3, 0.4) is 0 Å². The second-order valence-electron chi connectivity index (χ2n) is 8.36. The summed E-state index contributed by atoms with van der Waals surface area (Å²) in [6.07, 6.45) is 4.64. The fourth-order valence-electron chi connectivity index (χ4n) is 5.34. The number of carbonyl (C=O) groups excluding carboxylic acids is 1. The van der Waals surface area contributed by atoms with E-state index in [4.69, 9.17) is 0 Å². The third-order valence-electron chi connectivity index (χ3n) is 6.81. The molecule has 29 heavy (non-hydrogen) atoms. The highest BCUT2D eigenvalue weighted by Crippen LogP contribution is 2.36. The maximum Gasteiger partial charge on any atom is 0.254 e. The lowest BCUT2D eigenvalue weighted by Gasteiger charge is -2.36. The second kappa shape index (κ2) is 7.85. The Labute approximate surface area is 178 Å². The molecule has 2 aliphatic rings. The van der Waals surface area contributed by atoms with E-state index >= 15 is 0 Å². The quantitative estimate of drug-likeness (QED) is 0.685. The number of piperidine rings is 1. The maximum atomic E-state index is 13.5. The molecule has 152 valence electrons. The monoisotopic (exact) mass is 409 g/mol. The third-order valence-corrected chi connectivity index (χ3v) is 6.81. The summed E-state index contributed by atoms with van der Waals surface area (Å²) in [5.41, 5.74) is 3.97. The van der Waals surface area contributed by atoms with E-state index in [0.29, 0.717) is 12.1 Å². The molecular weight excluding hydrogens is 382 g/mol. The van der Waals surface area contributed by atoms with Gasteiger partial charge in [0, 0.05) is 36.1 Å². The standard InChI is InChI=1S/C24H27N3O.ClH/c1-26-18-12-13-19(26)15-17(14-18)25-24(28)22-20-10-6-7-11-21(20)27(2)23(22)16-8-4-3-5-9-16;/h3-11,17-19H,12-15H2,1-2H3,(H,25,28);1H/t17?,18-,19+;. The van der Waals surface area contributed by atoms with Crippen molar-refractivity contribution in [3.05, 3.63) is 60.2 Å². The van der Waals surface area contributed by atoms with Crippen molar-refractivity contribution >= 4 is 29.2 Å². The van der Waals surface area contributed by atoms with Gasteiger partial charge in [0.1, 0.15) is 0 Å². The van der Waals surface area contributed by atoms with E-state index in [0.717, 1.165) is 40.6 Å². The lowest BCUT2D eigenvalue weighted by atomic mass is 9.97. The molecule has 2 fully saturated rings. The van der Waals surface area contributed by atoms with Crippen molar-refractivity contribution in [3.8, 4) is 11.3 Å². The summed E-state index contributed by atoms with van der Waals surface area (Å²) in [6, 6.07) is 20.0. The first-order valence-electron chi connectivity index (χ1n) is 10.3. The number of fused-ring (bicyclic) bond motifs is 3. The smallest absolute Gasteiger partial charge is 0.254 e. The number of rotatable bonds is 3. The largest absolute Gasteiger partial charge is 0.349 e. The molecule has 3 aromatic rings. The van der Waals surface area contributed by atoms with Gasteiger partial charge in [-0.1, -0.05) is 48.5 Å². The van der Waals surface area contributed by atoms with Crippen molar-refractivity contribution in [2.24, 2.45) is 7.05 Å². The van der Waals surface area contributed by atoms with Crippen molar-refractivity contribution in [2.75, 3.05) is 7.05 Å². The number of nitrogens with zero attached hydrogens (tertiary/aromatic N) is 2. The normalized spacial score (nSPS) is 23.7. The van der Waals surface area contributed by atoms with Gasteiger partial charge in [-0.15, -0.1) is 12.4 Å². The molecule has 2 aliphatic heterocycles. The minimum atomic E-state index is 0. The first kappa shape index (κ1) is 20.0. The SMILES string of the molecule is CN1[C@@H]2CC[C@H]1CC(NC(=O)c1c(-c3ccccc3)n(C)c3ccccc13)C2.Cl. The Balaban J connectivity index is 0.00000205. The fraction of sp³-hybridized carbons (Fsp3) is 0.375. The van der Waals surface area contributed by atoms with Gasteiger partial charge < -0.3 is 14.8 Å². The van der Waals surface area contributed by atoms with Crippen LogP contribution in [0, 0.1) is 0 Å². The first-order chi connectivity index (χ1) is 13.6. The molecule has 3 heterocycles. The van der Waals surface area contributed by atoms with E-state index in [-0.39, 0.29) is 24.4 Å². The van der Waals surface area contributed by atoms with Gasteiger partial charge in [0.2, 0.25) is 0 Å². The summed E-state index contributed by atoms with van der Waals surface area (Å²) in [5.74, 6) is 0.0598. The molecule has 5 rings (SSSR count). The van der Waals surface area contributed by atoms with Crippen LogP contribution in [0.1, 0.15) is 36.0 Å². The Morgan fingerprint density at radius 1 is 0.931 bits per heavy atom. The average molecular weight is 410 g/mol. The van der Waals surface area contributed by atoms with Gasteiger partial charge in [-0.2, -0.15) is 0 Å². The predicted molar refractivity (Wildman–Crippen MR) is 121 cm³/mol. The van der Waals surface area contributed by atoms with Crippen molar-refractivity contribution < 1.29 is 4.79 Å². The molecule has 0 radical (unpaired) electrons. The molecular formula is C24H28ClN3O. The lowest BCUT2D eigenvalue weighted by Crippen LogP contribution is -2.48. The van der Waals surface area contributed by atoms with Gasteiger partial charge in [-0.3, -0.25) is 4.79 Å². The van der Waals surface area contributed by atoms with Crippen molar-refractivity contribution in [3.63, 3.8) is 0 Å². The zero-order chi connectivity index (χ0) is 19.3. The molecule has 4 nitrogen and oxygen atoms in total. The number of amides is 1. The number of nitrogens with one attached hydrogen (secondary N) is 1. The highest BCUT2D eigenvalue weighted by atomic mass is 35.5. The van der Waals surface area contributed by atoms with Crippen LogP contribution in [0.15, 0.2) is 54.6 Å². The molecule has 0 spiro atoms. The Morgan fingerprint density at radius 3 is 2.24 bits per heavy atom. The van der Waals surface area contributed by atoms with Crippen molar-refractivity contribution in [1.82, 2.24) is 14.8 Å². The van der Waals surface area contributed by atoms with Gasteiger partial charge in [0.05, 0.1) is 11.3 Å². The van der Waals surface area contributed by atoms with E-state index in [1.54, 1.807) is 0 Å². The summed E-state index contributed by atoms with van der Waals surface area (Å²) in [7, 11) is 4.29. The summed E-state index contributed by atoms with van der Waals surface area (Å²) < 4.78 is 2.15. The molecule has 1 unspecified atom stereocenters. The van der Waals surface area contributed by atoms with Gasteiger partial charge in [-0.25, -0.2) is 0 Å². The maximum absolute atomic E-state index is 13.5. The Kier molecular flexibility index (Phi) is 5.41. The topological polar surface area (TPSA) is 37.3 Å². The van der Waals surface area contributed by atoms with Gasteiger partial charge >= 0.3 is 0 Å². The van der Waals surface area contributed by atoms with Crippen LogP contribution in [0.2, 0.25) is 0 Å². The molecule has 0 saturated carbocycles. The van der Waals surface area contributed by atoms with Crippen LogP contribution in [0.4, 0.5) is 0 Å². The number of hydrogen-bond acceptors (Lipinski definition) is 2. The number of carbonyl (C=O) groups is 1. The van der Waals surface area contributed by atoms with E-state index in [2.05, 4.69) is 53.1 Å². The number of aryl methyl sites for hydroxylation is 1. The minimum Gasteiger partial charge on any atom is -0.349 e. The lowest BCUT2D eigenvalue weighted by molar-refractivity contribution is 0.0884. The molecule has 2 bridgehead atoms. The molecule has 1 N–H and O–H groups in total. The number of para-hydroxylation sites is 1. The van der Waals surface area contributed by atoms with Gasteiger partial charge in [0.15, 0.2) is 0 Å². The Bertz CT molecular complexity index is 1020. The number of hydrogen-bond donors (Lipinski definition) is 1. The van der Waals surface area contributed by atoms with E-state index in [1.165, 1.54) is 12.8 Å². The fourth-order valence-corrected chi connectivity index (χ4v) is 5.34.